The molecule has 0 atom stereocenters. The van der Waals surface area contributed by atoms with Crippen molar-refractivity contribution in [1.82, 2.24) is 4.98 Å². The summed E-state index contributed by atoms with van der Waals surface area (Å²) in [7, 11) is 0. The number of carboxylic acids is 1. The second-order valence-electron chi connectivity index (χ2n) is 2.37. The van der Waals surface area contributed by atoms with Gasteiger partial charge in [-0.25, -0.2) is 0 Å². The van der Waals surface area contributed by atoms with E-state index in [2.05, 4.69) is 16.8 Å². The van der Waals surface area contributed by atoms with Gasteiger partial charge in [-0.05, 0) is 0 Å². The molecule has 72 valence electrons. The van der Waals surface area contributed by atoms with Crippen molar-refractivity contribution in [2.45, 2.75) is 6.42 Å². The Morgan fingerprint density at radius 3 is 2.50 bits per heavy atom. The van der Waals surface area contributed by atoms with Crippen molar-refractivity contribution in [2.75, 3.05) is 0 Å². The Balaban J connectivity index is 2.84. The molecule has 1 heterocycles. The highest BCUT2D eigenvalue weighted by atomic mass is 19.1. The molecule has 5 heteroatoms. The van der Waals surface area contributed by atoms with Gasteiger partial charge in [0.05, 0.1) is 0 Å². The Bertz CT molecular complexity index is 400. The average molecular weight is 197 g/mol. The fraction of sp³-hybridized carbons (Fsp3) is 0.111. The van der Waals surface area contributed by atoms with E-state index in [1.165, 1.54) is 0 Å². The van der Waals surface area contributed by atoms with Crippen molar-refractivity contribution in [2.24, 2.45) is 0 Å². The van der Waals surface area contributed by atoms with Crippen LogP contribution in [0.5, 0.6) is 0 Å². The lowest BCUT2D eigenvalue weighted by molar-refractivity contribution is -0.135. The second kappa shape index (κ2) is 4.33. The molecule has 1 aromatic heterocycles. The summed E-state index contributed by atoms with van der Waals surface area (Å²) >= 11 is 0. The summed E-state index contributed by atoms with van der Waals surface area (Å²) in [6.45, 7) is 0. The first-order valence-electron chi connectivity index (χ1n) is 3.61. The van der Waals surface area contributed by atoms with Gasteiger partial charge < -0.3 is 5.11 Å². The zero-order valence-corrected chi connectivity index (χ0v) is 6.92. The van der Waals surface area contributed by atoms with Crippen LogP contribution in [0, 0.1) is 23.7 Å². The van der Waals surface area contributed by atoms with Gasteiger partial charge in [0.2, 0.25) is 11.9 Å². The Morgan fingerprint density at radius 1 is 1.43 bits per heavy atom. The third kappa shape index (κ3) is 3.19. The van der Waals surface area contributed by atoms with Crippen LogP contribution in [0.15, 0.2) is 12.1 Å². The molecule has 1 rings (SSSR count). The van der Waals surface area contributed by atoms with Gasteiger partial charge in [0.1, 0.15) is 6.42 Å². The van der Waals surface area contributed by atoms with Crippen LogP contribution in [0.4, 0.5) is 8.78 Å². The Hall–Kier alpha value is -1.96. The van der Waals surface area contributed by atoms with Gasteiger partial charge in [0, 0.05) is 17.7 Å². The molecular formula is C9H5F2NO2. The van der Waals surface area contributed by atoms with Crippen LogP contribution in [-0.2, 0) is 4.79 Å². The van der Waals surface area contributed by atoms with E-state index in [-0.39, 0.29) is 12.0 Å². The van der Waals surface area contributed by atoms with Crippen LogP contribution in [-0.4, -0.2) is 16.1 Å². The number of pyridine rings is 1. The van der Waals surface area contributed by atoms with Crippen LogP contribution >= 0.6 is 0 Å². The minimum absolute atomic E-state index is 0.0660. The first-order valence-corrected chi connectivity index (χ1v) is 3.61. The number of aromatic nitrogens is 1. The van der Waals surface area contributed by atoms with Crippen molar-refractivity contribution in [3.8, 4) is 11.8 Å². The Kier molecular flexibility index (Phi) is 3.13. The summed E-state index contributed by atoms with van der Waals surface area (Å²) in [5.41, 5.74) is 0.0660. The molecule has 0 unspecified atom stereocenters. The molecule has 0 aliphatic rings. The molecule has 0 bridgehead atoms. The molecule has 0 aliphatic carbocycles. The van der Waals surface area contributed by atoms with Crippen molar-refractivity contribution in [3.63, 3.8) is 0 Å². The minimum Gasteiger partial charge on any atom is -0.481 e. The smallest absolute Gasteiger partial charge is 0.315 e. The number of rotatable bonds is 1. The number of halogens is 2. The van der Waals surface area contributed by atoms with Crippen molar-refractivity contribution >= 4 is 5.97 Å². The lowest BCUT2D eigenvalue weighted by Gasteiger charge is -1.91. The zero-order valence-electron chi connectivity index (χ0n) is 6.92. The molecule has 0 aromatic carbocycles. The van der Waals surface area contributed by atoms with Gasteiger partial charge in [-0.2, -0.15) is 13.8 Å². The second-order valence-corrected chi connectivity index (χ2v) is 2.37. The van der Waals surface area contributed by atoms with Crippen molar-refractivity contribution in [3.05, 3.63) is 29.6 Å². The largest absolute Gasteiger partial charge is 0.481 e. The lowest BCUT2D eigenvalue weighted by atomic mass is 10.2. The maximum Gasteiger partial charge on any atom is 0.315 e. The number of hydrogen-bond acceptors (Lipinski definition) is 2. The first kappa shape index (κ1) is 10.1. The van der Waals surface area contributed by atoms with E-state index >= 15 is 0 Å². The van der Waals surface area contributed by atoms with E-state index in [4.69, 9.17) is 5.11 Å². The van der Waals surface area contributed by atoms with Crippen LogP contribution in [0.25, 0.3) is 0 Å². The topological polar surface area (TPSA) is 50.2 Å². The average Bonchev–Trinajstić information content (AvgIpc) is 2.01. The lowest BCUT2D eigenvalue weighted by Crippen LogP contribution is -1.92. The quantitative estimate of drug-likeness (QED) is 0.543. The molecule has 1 aromatic rings. The predicted molar refractivity (Wildman–Crippen MR) is 43.3 cm³/mol. The zero-order chi connectivity index (χ0) is 10.6. The molecule has 3 nitrogen and oxygen atoms in total. The van der Waals surface area contributed by atoms with Crippen LogP contribution < -0.4 is 0 Å². The molecule has 1 N–H and O–H groups in total. The monoisotopic (exact) mass is 197 g/mol. The standard InChI is InChI=1S/C9H5F2NO2/c10-7-4-6(5-8(11)12-7)2-1-3-9(13)14/h4-5H,3H2,(H,13,14). The highest BCUT2D eigenvalue weighted by Gasteiger charge is 1.98. The maximum atomic E-state index is 12.5. The summed E-state index contributed by atoms with van der Waals surface area (Å²) in [4.78, 5) is 12.9. The van der Waals surface area contributed by atoms with E-state index in [0.717, 1.165) is 12.1 Å². The maximum absolute atomic E-state index is 12.5. The summed E-state index contributed by atoms with van der Waals surface area (Å²) in [6, 6.07) is 1.86. The fourth-order valence-electron chi connectivity index (χ4n) is 0.759. The normalized spacial score (nSPS) is 9.00. The van der Waals surface area contributed by atoms with E-state index in [9.17, 15) is 13.6 Å². The van der Waals surface area contributed by atoms with Crippen molar-refractivity contribution < 1.29 is 18.7 Å². The van der Waals surface area contributed by atoms with E-state index < -0.39 is 17.9 Å². The number of nitrogens with zero attached hydrogens (tertiary/aromatic N) is 1. The van der Waals surface area contributed by atoms with E-state index in [1.54, 1.807) is 0 Å². The van der Waals surface area contributed by atoms with Gasteiger partial charge in [-0.3, -0.25) is 4.79 Å². The molecule has 0 saturated heterocycles. The molecule has 0 saturated carbocycles. The van der Waals surface area contributed by atoms with E-state index in [1.807, 2.05) is 0 Å². The molecule has 0 amide bonds. The summed E-state index contributed by atoms with van der Waals surface area (Å²) in [5.74, 6) is 1.50. The number of hydrogen-bond donors (Lipinski definition) is 1. The molecule has 0 spiro atoms. The first-order chi connectivity index (χ1) is 6.58. The fourth-order valence-corrected chi connectivity index (χ4v) is 0.759. The summed E-state index contributed by atoms with van der Waals surface area (Å²) in [5, 5.41) is 8.24. The van der Waals surface area contributed by atoms with Gasteiger partial charge in [0.15, 0.2) is 0 Å². The molecule has 0 aliphatic heterocycles. The van der Waals surface area contributed by atoms with E-state index in [0.29, 0.717) is 0 Å². The van der Waals surface area contributed by atoms with Crippen LogP contribution in [0.1, 0.15) is 12.0 Å². The molecule has 0 radical (unpaired) electrons. The Morgan fingerprint density at radius 2 is 2.00 bits per heavy atom. The van der Waals surface area contributed by atoms with Crippen molar-refractivity contribution in [1.29, 1.82) is 0 Å². The third-order valence-electron chi connectivity index (χ3n) is 1.24. The molecule has 0 fully saturated rings. The highest BCUT2D eigenvalue weighted by molar-refractivity contribution is 5.70. The number of aliphatic carboxylic acids is 1. The Labute approximate surface area is 78.4 Å². The number of carboxylic acid groups (broad SMARTS) is 1. The summed E-state index contributed by atoms with van der Waals surface area (Å²) < 4.78 is 25.0. The van der Waals surface area contributed by atoms with Gasteiger partial charge in [0.25, 0.3) is 0 Å². The molecular weight excluding hydrogens is 192 g/mol. The minimum atomic E-state index is -1.09. The highest BCUT2D eigenvalue weighted by Crippen LogP contribution is 2.02. The third-order valence-corrected chi connectivity index (χ3v) is 1.24. The van der Waals surface area contributed by atoms with Gasteiger partial charge >= 0.3 is 5.97 Å². The van der Waals surface area contributed by atoms with Gasteiger partial charge in [-0.15, -0.1) is 0 Å². The summed E-state index contributed by atoms with van der Waals surface area (Å²) in [6.07, 6.45) is -0.369. The molecule has 14 heavy (non-hydrogen) atoms. The van der Waals surface area contributed by atoms with Crippen LogP contribution in [0.2, 0.25) is 0 Å². The SMILES string of the molecule is O=C(O)CC#Cc1cc(F)nc(F)c1. The van der Waals surface area contributed by atoms with Crippen LogP contribution in [0.3, 0.4) is 0 Å². The predicted octanol–water partition coefficient (Wildman–Crippen LogP) is 1.19. The van der Waals surface area contributed by atoms with Gasteiger partial charge in [-0.1, -0.05) is 11.8 Å². The number of carbonyl (C=O) groups is 1.